The highest BCUT2D eigenvalue weighted by Gasteiger charge is 2.20. The fraction of sp³-hybridized carbons (Fsp3) is 0.238. The van der Waals surface area contributed by atoms with E-state index in [4.69, 9.17) is 16.6 Å². The zero-order chi connectivity index (χ0) is 22.2. The first kappa shape index (κ1) is 21.9. The van der Waals surface area contributed by atoms with E-state index in [1.54, 1.807) is 30.1 Å². The summed E-state index contributed by atoms with van der Waals surface area (Å²) in [7, 11) is -0.464. The Kier molecular flexibility index (Phi) is 6.11. The number of nitrogens with zero attached hydrogens (tertiary/aromatic N) is 5. The summed E-state index contributed by atoms with van der Waals surface area (Å²) in [5.74, 6) is 1.47. The number of hydrogen-bond donors (Lipinski definition) is 0. The van der Waals surface area contributed by atoms with Crippen LogP contribution in [-0.2, 0) is 22.3 Å². The number of hydrogen-bond acceptors (Lipinski definition) is 5. The summed E-state index contributed by atoms with van der Waals surface area (Å²) < 4.78 is 30.3. The lowest BCUT2D eigenvalue weighted by atomic mass is 10.3. The van der Waals surface area contributed by atoms with Crippen molar-refractivity contribution >= 4 is 44.4 Å². The molecule has 0 spiro atoms. The Bertz CT molecular complexity index is 1330. The second-order valence-corrected chi connectivity index (χ2v) is 10.6. The van der Waals surface area contributed by atoms with Crippen molar-refractivity contribution in [3.05, 3.63) is 65.7 Å². The largest absolute Gasteiger partial charge is 0.328 e. The topological polar surface area (TPSA) is 73.0 Å². The minimum Gasteiger partial charge on any atom is -0.328 e. The van der Waals surface area contributed by atoms with E-state index in [2.05, 4.69) is 16.5 Å². The lowest BCUT2D eigenvalue weighted by Crippen LogP contribution is -2.22. The van der Waals surface area contributed by atoms with E-state index in [0.717, 1.165) is 28.7 Å². The molecule has 0 N–H and O–H groups in total. The molecule has 4 aromatic rings. The third-order valence-corrected chi connectivity index (χ3v) is 7.96. The van der Waals surface area contributed by atoms with Gasteiger partial charge in [0.25, 0.3) is 0 Å². The van der Waals surface area contributed by atoms with Crippen molar-refractivity contribution in [2.24, 2.45) is 0 Å². The normalized spacial score (nSPS) is 12.2. The van der Waals surface area contributed by atoms with Crippen LogP contribution in [-0.4, -0.2) is 45.9 Å². The van der Waals surface area contributed by atoms with Gasteiger partial charge in [-0.2, -0.15) is 0 Å². The molecule has 0 aliphatic heterocycles. The molecule has 0 amide bonds. The molecular formula is C21H22ClN5O2S2. The van der Waals surface area contributed by atoms with Crippen LogP contribution in [0.25, 0.3) is 16.7 Å². The van der Waals surface area contributed by atoms with Gasteiger partial charge in [0.15, 0.2) is 5.16 Å². The summed E-state index contributed by atoms with van der Waals surface area (Å²) in [6.45, 7) is 2.78. The summed E-state index contributed by atoms with van der Waals surface area (Å²) in [6, 6.07) is 12.7. The highest BCUT2D eigenvalue weighted by Crippen LogP contribution is 2.28. The van der Waals surface area contributed by atoms with Crippen molar-refractivity contribution in [3.8, 4) is 5.69 Å². The van der Waals surface area contributed by atoms with Crippen molar-refractivity contribution < 1.29 is 8.42 Å². The fourth-order valence-electron chi connectivity index (χ4n) is 3.32. The SMILES string of the molecule is CCn1c(CSc2nccn2-c2ccc(Cl)cc2)nc2cc(S(=O)(=O)N(C)C)ccc21. The molecule has 31 heavy (non-hydrogen) atoms. The number of sulfonamides is 1. The predicted octanol–water partition coefficient (Wildman–Crippen LogP) is 4.44. The third-order valence-electron chi connectivity index (χ3n) is 4.94. The zero-order valence-corrected chi connectivity index (χ0v) is 19.7. The Labute approximate surface area is 190 Å². The monoisotopic (exact) mass is 475 g/mol. The number of aromatic nitrogens is 4. The van der Waals surface area contributed by atoms with E-state index in [-0.39, 0.29) is 4.90 Å². The van der Waals surface area contributed by atoms with Crippen molar-refractivity contribution in [2.75, 3.05) is 14.1 Å². The van der Waals surface area contributed by atoms with Crippen LogP contribution in [0.2, 0.25) is 5.02 Å². The van der Waals surface area contributed by atoms with Gasteiger partial charge in [-0.1, -0.05) is 23.4 Å². The molecule has 4 rings (SSSR count). The molecule has 0 radical (unpaired) electrons. The maximum atomic E-state index is 12.5. The number of aryl methyl sites for hydroxylation is 1. The minimum absolute atomic E-state index is 0.239. The highest BCUT2D eigenvalue weighted by molar-refractivity contribution is 7.98. The molecule has 2 aromatic carbocycles. The van der Waals surface area contributed by atoms with Gasteiger partial charge >= 0.3 is 0 Å². The molecule has 0 bridgehead atoms. The van der Waals surface area contributed by atoms with Gasteiger partial charge in [-0.3, -0.25) is 4.57 Å². The molecule has 0 saturated heterocycles. The summed E-state index contributed by atoms with van der Waals surface area (Å²) in [5.41, 5.74) is 2.56. The van der Waals surface area contributed by atoms with Crippen LogP contribution >= 0.6 is 23.4 Å². The smallest absolute Gasteiger partial charge is 0.242 e. The van der Waals surface area contributed by atoms with Gasteiger partial charge in [-0.15, -0.1) is 0 Å². The Morgan fingerprint density at radius 2 is 1.87 bits per heavy atom. The molecule has 0 saturated carbocycles. The second kappa shape index (κ2) is 8.66. The molecule has 10 heteroatoms. The molecular weight excluding hydrogens is 454 g/mol. The molecule has 2 aromatic heterocycles. The fourth-order valence-corrected chi connectivity index (χ4v) is 5.29. The van der Waals surface area contributed by atoms with Gasteiger partial charge in [-0.05, 0) is 49.4 Å². The molecule has 0 aliphatic rings. The number of rotatable bonds is 7. The standard InChI is InChI=1S/C21H22ClN5O2S2/c1-4-26-19-10-9-17(31(28,29)25(2)3)13-18(19)24-20(26)14-30-21-23-11-12-27(21)16-7-5-15(22)6-8-16/h5-13H,4,14H2,1-3H3. The van der Waals surface area contributed by atoms with Gasteiger partial charge in [0, 0.05) is 43.7 Å². The first-order valence-electron chi connectivity index (χ1n) is 9.65. The highest BCUT2D eigenvalue weighted by atomic mass is 35.5. The van der Waals surface area contributed by atoms with Crippen molar-refractivity contribution in [1.82, 2.24) is 23.4 Å². The number of thioether (sulfide) groups is 1. The summed E-state index contributed by atoms with van der Waals surface area (Å²) in [5, 5.41) is 1.53. The molecule has 7 nitrogen and oxygen atoms in total. The summed E-state index contributed by atoms with van der Waals surface area (Å²) >= 11 is 7.58. The lowest BCUT2D eigenvalue weighted by Gasteiger charge is -2.11. The first-order chi connectivity index (χ1) is 14.8. The van der Waals surface area contributed by atoms with E-state index >= 15 is 0 Å². The third kappa shape index (κ3) is 4.23. The zero-order valence-electron chi connectivity index (χ0n) is 17.4. The lowest BCUT2D eigenvalue weighted by molar-refractivity contribution is 0.521. The minimum atomic E-state index is -3.51. The van der Waals surface area contributed by atoms with Crippen LogP contribution < -0.4 is 0 Å². The van der Waals surface area contributed by atoms with Gasteiger partial charge in [0.05, 0.1) is 21.7 Å². The van der Waals surface area contributed by atoms with Crippen LogP contribution in [0.1, 0.15) is 12.7 Å². The van der Waals surface area contributed by atoms with Crippen molar-refractivity contribution in [3.63, 3.8) is 0 Å². The van der Waals surface area contributed by atoms with Crippen LogP contribution in [0.15, 0.2) is 64.9 Å². The Balaban J connectivity index is 1.64. The van der Waals surface area contributed by atoms with Crippen LogP contribution in [0.4, 0.5) is 0 Å². The van der Waals surface area contributed by atoms with Crippen molar-refractivity contribution in [2.45, 2.75) is 29.3 Å². The number of halogens is 1. The average molecular weight is 476 g/mol. The Morgan fingerprint density at radius 3 is 2.55 bits per heavy atom. The van der Waals surface area contributed by atoms with Crippen molar-refractivity contribution in [1.29, 1.82) is 0 Å². The molecule has 0 unspecified atom stereocenters. The van der Waals surface area contributed by atoms with E-state index in [0.29, 0.717) is 16.3 Å². The molecule has 2 heterocycles. The molecule has 0 aliphatic carbocycles. The maximum Gasteiger partial charge on any atom is 0.242 e. The van der Waals surface area contributed by atoms with E-state index in [9.17, 15) is 8.42 Å². The number of fused-ring (bicyclic) bond motifs is 1. The number of benzene rings is 2. The second-order valence-electron chi connectivity index (χ2n) is 7.06. The molecule has 162 valence electrons. The Morgan fingerprint density at radius 1 is 1.13 bits per heavy atom. The van der Waals surface area contributed by atoms with Gasteiger partial charge in [0.2, 0.25) is 10.0 Å². The predicted molar refractivity (Wildman–Crippen MR) is 124 cm³/mol. The maximum absolute atomic E-state index is 12.5. The van der Waals surface area contributed by atoms with Gasteiger partial charge in [-0.25, -0.2) is 22.7 Å². The van der Waals surface area contributed by atoms with E-state index in [1.807, 2.05) is 41.1 Å². The van der Waals surface area contributed by atoms with Crippen LogP contribution in [0, 0.1) is 0 Å². The van der Waals surface area contributed by atoms with Crippen LogP contribution in [0.3, 0.4) is 0 Å². The molecule has 0 atom stereocenters. The van der Waals surface area contributed by atoms with Gasteiger partial charge < -0.3 is 4.57 Å². The van der Waals surface area contributed by atoms with Crippen LogP contribution in [0.5, 0.6) is 0 Å². The van der Waals surface area contributed by atoms with E-state index in [1.165, 1.54) is 18.4 Å². The Hall–Kier alpha value is -2.33. The summed E-state index contributed by atoms with van der Waals surface area (Å²) in [6.07, 6.45) is 3.67. The van der Waals surface area contributed by atoms with Gasteiger partial charge in [0.1, 0.15) is 5.82 Å². The van der Waals surface area contributed by atoms with E-state index < -0.39 is 10.0 Å². The quantitative estimate of drug-likeness (QED) is 0.369. The molecule has 0 fully saturated rings. The first-order valence-corrected chi connectivity index (χ1v) is 12.5. The average Bonchev–Trinajstić information content (AvgIpc) is 3.35. The number of imidazole rings is 2. The summed E-state index contributed by atoms with van der Waals surface area (Å²) in [4.78, 5) is 9.45.